The Bertz CT molecular complexity index is 2220. The molecular formula is C39H43ClF4N6O7S. The zero-order chi connectivity index (χ0) is 42.5. The molecule has 312 valence electrons. The zero-order valence-corrected chi connectivity index (χ0v) is 33.7. The number of methoxy groups -OCH3 is 2. The van der Waals surface area contributed by atoms with Gasteiger partial charge in [-0.05, 0) is 67.0 Å². The lowest BCUT2D eigenvalue weighted by Crippen LogP contribution is -2.57. The van der Waals surface area contributed by atoms with Gasteiger partial charge < -0.3 is 30.1 Å². The highest BCUT2D eigenvalue weighted by Crippen LogP contribution is 2.41. The van der Waals surface area contributed by atoms with Crippen LogP contribution < -0.4 is 24.4 Å². The number of nitrogens with one attached hydrogen (secondary N) is 2. The molecule has 1 fully saturated rings. The number of carboxylic acid groups (broad SMARTS) is 1. The fourth-order valence-corrected chi connectivity index (χ4v) is 8.81. The first-order valence-corrected chi connectivity index (χ1v) is 19.9. The van der Waals surface area contributed by atoms with Gasteiger partial charge in [-0.3, -0.25) is 4.79 Å². The molecule has 2 amide bonds. The average Bonchev–Trinajstić information content (AvgIpc) is 3.19. The van der Waals surface area contributed by atoms with Gasteiger partial charge in [-0.15, -0.1) is 0 Å². The van der Waals surface area contributed by atoms with Gasteiger partial charge in [0, 0.05) is 37.0 Å². The molecule has 1 saturated carbocycles. The number of rotatable bonds is 14. The van der Waals surface area contributed by atoms with Gasteiger partial charge in [-0.2, -0.15) is 13.2 Å². The fraction of sp³-hybridized carbons (Fsp3) is 0.385. The predicted molar refractivity (Wildman–Crippen MR) is 208 cm³/mol. The van der Waals surface area contributed by atoms with Gasteiger partial charge in [-0.25, -0.2) is 31.9 Å². The van der Waals surface area contributed by atoms with E-state index in [1.165, 1.54) is 44.5 Å². The van der Waals surface area contributed by atoms with Gasteiger partial charge >= 0.3 is 12.3 Å². The van der Waals surface area contributed by atoms with Gasteiger partial charge in [0.25, 0.3) is 10.0 Å². The Morgan fingerprint density at radius 2 is 1.79 bits per heavy atom. The molecule has 1 aliphatic rings. The van der Waals surface area contributed by atoms with Crippen molar-refractivity contribution in [2.75, 3.05) is 30.9 Å². The van der Waals surface area contributed by atoms with Crippen molar-refractivity contribution in [3.05, 3.63) is 101 Å². The van der Waals surface area contributed by atoms with Crippen molar-refractivity contribution in [3.63, 3.8) is 0 Å². The molecule has 0 aliphatic heterocycles. The molecule has 1 aliphatic carbocycles. The van der Waals surface area contributed by atoms with Crippen molar-refractivity contribution in [2.45, 2.75) is 74.8 Å². The molecule has 4 atom stereocenters. The zero-order valence-electron chi connectivity index (χ0n) is 32.1. The molecule has 58 heavy (non-hydrogen) atoms. The molecular weight excluding hydrogens is 808 g/mol. The second-order valence-corrected chi connectivity index (χ2v) is 16.3. The smallest absolute Gasteiger partial charge is 0.416 e. The third-order valence-corrected chi connectivity index (χ3v) is 12.2. The van der Waals surface area contributed by atoms with E-state index in [2.05, 4.69) is 20.6 Å². The molecule has 0 unspecified atom stereocenters. The summed E-state index contributed by atoms with van der Waals surface area (Å²) in [5.74, 6) is -1.99. The minimum absolute atomic E-state index is 0.0130. The minimum atomic E-state index is -4.73. The van der Waals surface area contributed by atoms with Crippen LogP contribution in [0, 0.1) is 11.7 Å². The van der Waals surface area contributed by atoms with Crippen LogP contribution in [0.25, 0.3) is 0 Å². The number of sulfonamides is 1. The third-order valence-electron chi connectivity index (χ3n) is 10.1. The summed E-state index contributed by atoms with van der Waals surface area (Å²) in [4.78, 5) is 34.0. The largest absolute Gasteiger partial charge is 0.497 e. The third kappa shape index (κ3) is 9.83. The number of ether oxygens (including phenoxy) is 2. The first-order chi connectivity index (χ1) is 27.3. The minimum Gasteiger partial charge on any atom is -0.497 e. The molecule has 0 radical (unpaired) electrons. The number of hydrogen-bond acceptors (Lipinski definition) is 9. The second kappa shape index (κ2) is 18.1. The predicted octanol–water partition coefficient (Wildman–Crippen LogP) is 7.57. The molecule has 3 N–H and O–H groups in total. The lowest BCUT2D eigenvalue weighted by molar-refractivity contribution is -0.137. The highest BCUT2D eigenvalue weighted by Gasteiger charge is 2.40. The Morgan fingerprint density at radius 1 is 1.05 bits per heavy atom. The van der Waals surface area contributed by atoms with Gasteiger partial charge in [-0.1, -0.05) is 43.6 Å². The highest BCUT2D eigenvalue weighted by molar-refractivity contribution is 7.92. The standard InChI is InChI=1S/C39H43ClF4N6O7S/c1-22(2)36(48-38(52)53)37(51)49(3)32-16-24(23-7-6-8-26(15-23)39(42,43)44)10-12-30(32)47-31-19-29(41)34(18-28(31)40)58(54,55)50(35-13-14-45-21-46-35)20-25-9-11-27(56-4)17-33(25)57-5/h6-9,11,13-15,17-19,21-22,24,30,32,36,47-48H,10,12,16,20H2,1-5H3,(H,52,53)/t24-,30-,32-,36-/m0/s1. The Hall–Kier alpha value is -5.36. The van der Waals surface area contributed by atoms with Crippen LogP contribution in [-0.2, 0) is 27.5 Å². The molecule has 1 heterocycles. The second-order valence-electron chi connectivity index (χ2n) is 14.1. The first kappa shape index (κ1) is 43.8. The van der Waals surface area contributed by atoms with Gasteiger partial charge in [0.1, 0.15) is 40.4 Å². The van der Waals surface area contributed by atoms with E-state index in [0.29, 0.717) is 29.0 Å². The van der Waals surface area contributed by atoms with E-state index in [4.69, 9.17) is 21.1 Å². The molecule has 3 aromatic carbocycles. The summed E-state index contributed by atoms with van der Waals surface area (Å²) in [5, 5.41) is 14.7. The highest BCUT2D eigenvalue weighted by atomic mass is 35.5. The normalized spacial score (nSPS) is 17.6. The summed E-state index contributed by atoms with van der Waals surface area (Å²) in [6, 6.07) is 10.3. The maximum absolute atomic E-state index is 16.3. The number of amides is 2. The average molecular weight is 851 g/mol. The number of anilines is 2. The van der Waals surface area contributed by atoms with E-state index in [0.717, 1.165) is 34.9 Å². The van der Waals surface area contributed by atoms with Crippen molar-refractivity contribution in [2.24, 2.45) is 5.92 Å². The van der Waals surface area contributed by atoms with Crippen LogP contribution in [0.4, 0.5) is 33.9 Å². The maximum Gasteiger partial charge on any atom is 0.416 e. The Balaban J connectivity index is 1.50. The lowest BCUT2D eigenvalue weighted by atomic mass is 9.77. The summed E-state index contributed by atoms with van der Waals surface area (Å²) in [6.07, 6.45) is -2.77. The summed E-state index contributed by atoms with van der Waals surface area (Å²) in [6.45, 7) is 2.98. The molecule has 0 spiro atoms. The SMILES string of the molecule is COc1ccc(CN(c2ccncn2)S(=O)(=O)c2cc(Cl)c(N[C@H]3CC[C@H](c4cccc(C(F)(F)F)c4)C[C@@H]3N(C)C(=O)[C@@H](NC(=O)O)C(C)C)cc2F)c(OC)c1. The number of benzene rings is 3. The molecule has 13 nitrogen and oxygen atoms in total. The van der Waals surface area contributed by atoms with Gasteiger partial charge in [0.2, 0.25) is 5.91 Å². The summed E-state index contributed by atoms with van der Waals surface area (Å²) >= 11 is 6.71. The van der Waals surface area contributed by atoms with E-state index >= 15 is 4.39 Å². The topological polar surface area (TPSA) is 163 Å². The van der Waals surface area contributed by atoms with Crippen molar-refractivity contribution in [1.82, 2.24) is 20.2 Å². The number of alkyl halides is 3. The molecule has 5 rings (SSSR count). The number of aromatic nitrogens is 2. The van der Waals surface area contributed by atoms with Crippen LogP contribution in [-0.4, -0.2) is 79.8 Å². The molecule has 0 saturated heterocycles. The van der Waals surface area contributed by atoms with Crippen molar-refractivity contribution >= 4 is 45.1 Å². The number of carbonyl (C=O) groups excluding carboxylic acids is 1. The van der Waals surface area contributed by atoms with Crippen LogP contribution in [0.2, 0.25) is 5.02 Å². The van der Waals surface area contributed by atoms with Crippen molar-refractivity contribution in [1.29, 1.82) is 0 Å². The van der Waals surface area contributed by atoms with Crippen molar-refractivity contribution in [3.8, 4) is 11.5 Å². The lowest BCUT2D eigenvalue weighted by Gasteiger charge is -2.43. The van der Waals surface area contributed by atoms with Crippen LogP contribution in [0.1, 0.15) is 55.7 Å². The number of halogens is 5. The maximum atomic E-state index is 16.3. The number of carbonyl (C=O) groups is 2. The number of hydrogen-bond donors (Lipinski definition) is 3. The van der Waals surface area contributed by atoms with E-state index < -0.39 is 74.4 Å². The summed E-state index contributed by atoms with van der Waals surface area (Å²) in [5.41, 5.74) is -0.0299. The molecule has 0 bridgehead atoms. The summed E-state index contributed by atoms with van der Waals surface area (Å²) < 4.78 is 97.5. The van der Waals surface area contributed by atoms with Crippen LogP contribution in [0.15, 0.2) is 78.1 Å². The van der Waals surface area contributed by atoms with Crippen LogP contribution >= 0.6 is 11.6 Å². The van der Waals surface area contributed by atoms with Gasteiger partial charge in [0.05, 0.1) is 43.1 Å². The van der Waals surface area contributed by atoms with Crippen LogP contribution in [0.3, 0.4) is 0 Å². The molecule has 1 aromatic heterocycles. The molecule has 19 heteroatoms. The quantitative estimate of drug-likeness (QED) is 0.108. The molecule has 4 aromatic rings. The summed E-state index contributed by atoms with van der Waals surface area (Å²) in [7, 11) is -0.403. The van der Waals surface area contributed by atoms with Crippen LogP contribution in [0.5, 0.6) is 11.5 Å². The Kier molecular flexibility index (Phi) is 13.6. The van der Waals surface area contributed by atoms with E-state index in [1.54, 1.807) is 38.1 Å². The fourth-order valence-electron chi connectivity index (χ4n) is 7.06. The van der Waals surface area contributed by atoms with Gasteiger partial charge in [0.15, 0.2) is 0 Å². The number of nitrogens with zero attached hydrogens (tertiary/aromatic N) is 4. The number of likely N-dealkylation sites (N-methyl/N-ethyl adjacent to an activating group) is 1. The van der Waals surface area contributed by atoms with E-state index in [-0.39, 0.29) is 35.9 Å². The monoisotopic (exact) mass is 850 g/mol. The van der Waals surface area contributed by atoms with E-state index in [1.807, 2.05) is 0 Å². The first-order valence-electron chi connectivity index (χ1n) is 18.0. The Morgan fingerprint density at radius 3 is 2.41 bits per heavy atom. The van der Waals surface area contributed by atoms with Crippen molar-refractivity contribution < 1.29 is 50.1 Å². The van der Waals surface area contributed by atoms with E-state index in [9.17, 15) is 36.3 Å². The Labute approximate surface area is 338 Å².